The highest BCUT2D eigenvalue weighted by Crippen LogP contribution is 2.13. The lowest BCUT2D eigenvalue weighted by atomic mass is 10.1. The van der Waals surface area contributed by atoms with Gasteiger partial charge >= 0.3 is 0 Å². The van der Waals surface area contributed by atoms with Gasteiger partial charge in [0.25, 0.3) is 0 Å². The van der Waals surface area contributed by atoms with Crippen molar-refractivity contribution in [1.82, 2.24) is 14.8 Å². The second-order valence-corrected chi connectivity index (χ2v) is 3.37. The van der Waals surface area contributed by atoms with Gasteiger partial charge < -0.3 is 4.74 Å². The first-order valence-electron chi connectivity index (χ1n) is 4.01. The summed E-state index contributed by atoms with van der Waals surface area (Å²) in [5.74, 6) is 0. The number of nitrogens with zero attached hydrogens (tertiary/aromatic N) is 3. The van der Waals surface area contributed by atoms with Crippen molar-refractivity contribution in [2.24, 2.45) is 0 Å². The summed E-state index contributed by atoms with van der Waals surface area (Å²) in [6.07, 6.45) is 4.19. The molecule has 0 bridgehead atoms. The summed E-state index contributed by atoms with van der Waals surface area (Å²) in [6, 6.07) is 0. The molecule has 0 amide bonds. The highest BCUT2D eigenvalue weighted by molar-refractivity contribution is 4.68. The van der Waals surface area contributed by atoms with Crippen LogP contribution in [0, 0.1) is 0 Å². The molecule has 0 radical (unpaired) electrons. The molecule has 12 heavy (non-hydrogen) atoms. The lowest BCUT2D eigenvalue weighted by molar-refractivity contribution is 0.0113. The molecule has 1 rings (SSSR count). The zero-order valence-electron chi connectivity index (χ0n) is 7.82. The first kappa shape index (κ1) is 9.19. The third kappa shape index (κ3) is 2.62. The van der Waals surface area contributed by atoms with Crippen LogP contribution in [0.4, 0.5) is 0 Å². The highest BCUT2D eigenvalue weighted by atomic mass is 16.5. The average molecular weight is 169 g/mol. The Morgan fingerprint density at radius 3 is 2.75 bits per heavy atom. The SMILES string of the molecule is COC(C)(C)CCn1cncn1. The standard InChI is InChI=1S/C8H15N3O/c1-8(2,12-3)4-5-11-7-9-6-10-11/h6-7H,4-5H2,1-3H3. The Bertz CT molecular complexity index is 218. The molecule has 0 aliphatic heterocycles. The van der Waals surface area contributed by atoms with E-state index >= 15 is 0 Å². The van der Waals surface area contributed by atoms with E-state index < -0.39 is 0 Å². The molecule has 0 saturated heterocycles. The van der Waals surface area contributed by atoms with Gasteiger partial charge in [0.05, 0.1) is 5.60 Å². The van der Waals surface area contributed by atoms with Gasteiger partial charge in [-0.25, -0.2) is 4.98 Å². The maximum atomic E-state index is 5.27. The van der Waals surface area contributed by atoms with Crippen molar-refractivity contribution in [2.75, 3.05) is 7.11 Å². The van der Waals surface area contributed by atoms with E-state index in [2.05, 4.69) is 23.9 Å². The lowest BCUT2D eigenvalue weighted by Gasteiger charge is -2.22. The molecule has 0 atom stereocenters. The minimum atomic E-state index is -0.0774. The van der Waals surface area contributed by atoms with Crippen LogP contribution in [0.5, 0.6) is 0 Å². The zero-order chi connectivity index (χ0) is 9.03. The van der Waals surface area contributed by atoms with Crippen LogP contribution in [-0.2, 0) is 11.3 Å². The van der Waals surface area contributed by atoms with Gasteiger partial charge in [-0.1, -0.05) is 0 Å². The molecule has 0 aliphatic carbocycles. The Morgan fingerprint density at radius 2 is 2.25 bits per heavy atom. The fraction of sp³-hybridized carbons (Fsp3) is 0.750. The molecule has 0 fully saturated rings. The van der Waals surface area contributed by atoms with Crippen LogP contribution >= 0.6 is 0 Å². The van der Waals surface area contributed by atoms with Crippen molar-refractivity contribution in [3.05, 3.63) is 12.7 Å². The topological polar surface area (TPSA) is 39.9 Å². The Balaban J connectivity index is 2.36. The second kappa shape index (κ2) is 3.67. The highest BCUT2D eigenvalue weighted by Gasteiger charge is 2.15. The molecule has 0 aromatic carbocycles. The summed E-state index contributed by atoms with van der Waals surface area (Å²) in [4.78, 5) is 3.86. The number of ether oxygens (including phenoxy) is 1. The van der Waals surface area contributed by atoms with E-state index in [1.807, 2.05) is 0 Å². The largest absolute Gasteiger partial charge is 0.379 e. The number of methoxy groups -OCH3 is 1. The van der Waals surface area contributed by atoms with Gasteiger partial charge in [-0.15, -0.1) is 0 Å². The summed E-state index contributed by atoms with van der Waals surface area (Å²) < 4.78 is 7.08. The number of hydrogen-bond acceptors (Lipinski definition) is 3. The molecule has 4 nitrogen and oxygen atoms in total. The summed E-state index contributed by atoms with van der Waals surface area (Å²) >= 11 is 0. The molecule has 68 valence electrons. The van der Waals surface area contributed by atoms with Crippen molar-refractivity contribution in [2.45, 2.75) is 32.4 Å². The smallest absolute Gasteiger partial charge is 0.137 e. The molecule has 0 unspecified atom stereocenters. The van der Waals surface area contributed by atoms with Crippen molar-refractivity contribution < 1.29 is 4.74 Å². The Hall–Kier alpha value is -0.900. The van der Waals surface area contributed by atoms with Crippen LogP contribution in [0.3, 0.4) is 0 Å². The minimum Gasteiger partial charge on any atom is -0.379 e. The first-order chi connectivity index (χ1) is 5.64. The molecule has 0 spiro atoms. The van der Waals surface area contributed by atoms with Gasteiger partial charge in [0, 0.05) is 13.7 Å². The maximum absolute atomic E-state index is 5.27. The second-order valence-electron chi connectivity index (χ2n) is 3.37. The monoisotopic (exact) mass is 169 g/mol. The molecular weight excluding hydrogens is 154 g/mol. The van der Waals surface area contributed by atoms with Crippen LogP contribution in [-0.4, -0.2) is 27.5 Å². The van der Waals surface area contributed by atoms with E-state index in [0.29, 0.717) is 0 Å². The Morgan fingerprint density at radius 1 is 1.50 bits per heavy atom. The van der Waals surface area contributed by atoms with Gasteiger partial charge in [0.2, 0.25) is 0 Å². The minimum absolute atomic E-state index is 0.0774. The fourth-order valence-corrected chi connectivity index (χ4v) is 0.834. The first-order valence-corrected chi connectivity index (χ1v) is 4.01. The summed E-state index contributed by atoms with van der Waals surface area (Å²) in [5, 5.41) is 4.00. The normalized spacial score (nSPS) is 11.9. The van der Waals surface area contributed by atoms with Crippen molar-refractivity contribution in [3.8, 4) is 0 Å². The van der Waals surface area contributed by atoms with E-state index in [-0.39, 0.29) is 5.60 Å². The van der Waals surface area contributed by atoms with Gasteiger partial charge in [-0.05, 0) is 20.3 Å². The lowest BCUT2D eigenvalue weighted by Crippen LogP contribution is -2.24. The Labute approximate surface area is 72.6 Å². The average Bonchev–Trinajstić information content (AvgIpc) is 2.53. The number of aryl methyl sites for hydroxylation is 1. The van der Waals surface area contributed by atoms with Gasteiger partial charge in [-0.3, -0.25) is 4.68 Å². The molecule has 1 heterocycles. The van der Waals surface area contributed by atoms with Crippen molar-refractivity contribution in [3.63, 3.8) is 0 Å². The van der Waals surface area contributed by atoms with Gasteiger partial charge in [-0.2, -0.15) is 5.10 Å². The third-order valence-corrected chi connectivity index (χ3v) is 1.96. The number of hydrogen-bond donors (Lipinski definition) is 0. The predicted molar refractivity (Wildman–Crippen MR) is 45.7 cm³/mol. The maximum Gasteiger partial charge on any atom is 0.137 e. The van der Waals surface area contributed by atoms with Crippen LogP contribution < -0.4 is 0 Å². The van der Waals surface area contributed by atoms with Crippen LogP contribution in [0.2, 0.25) is 0 Å². The van der Waals surface area contributed by atoms with Crippen LogP contribution in [0.15, 0.2) is 12.7 Å². The molecular formula is C8H15N3O. The number of aromatic nitrogens is 3. The zero-order valence-corrected chi connectivity index (χ0v) is 7.82. The van der Waals surface area contributed by atoms with Crippen LogP contribution in [0.1, 0.15) is 20.3 Å². The molecule has 4 heteroatoms. The fourth-order valence-electron chi connectivity index (χ4n) is 0.834. The van der Waals surface area contributed by atoms with E-state index in [9.17, 15) is 0 Å². The van der Waals surface area contributed by atoms with E-state index in [4.69, 9.17) is 4.74 Å². The summed E-state index contributed by atoms with van der Waals surface area (Å²) in [5.41, 5.74) is -0.0774. The van der Waals surface area contributed by atoms with Crippen LogP contribution in [0.25, 0.3) is 0 Å². The molecule has 1 aromatic heterocycles. The van der Waals surface area contributed by atoms with Crippen molar-refractivity contribution in [1.29, 1.82) is 0 Å². The quantitative estimate of drug-likeness (QED) is 0.677. The molecule has 0 N–H and O–H groups in total. The third-order valence-electron chi connectivity index (χ3n) is 1.96. The van der Waals surface area contributed by atoms with E-state index in [0.717, 1.165) is 13.0 Å². The van der Waals surface area contributed by atoms with E-state index in [1.54, 1.807) is 24.4 Å². The summed E-state index contributed by atoms with van der Waals surface area (Å²) in [6.45, 7) is 4.97. The van der Waals surface area contributed by atoms with E-state index in [1.165, 1.54) is 0 Å². The van der Waals surface area contributed by atoms with Gasteiger partial charge in [0.1, 0.15) is 12.7 Å². The molecule has 0 saturated carbocycles. The van der Waals surface area contributed by atoms with Gasteiger partial charge in [0.15, 0.2) is 0 Å². The molecule has 0 aliphatic rings. The molecule has 1 aromatic rings. The Kier molecular flexibility index (Phi) is 2.81. The van der Waals surface area contributed by atoms with Crippen molar-refractivity contribution >= 4 is 0 Å². The number of rotatable bonds is 4. The predicted octanol–water partition coefficient (Wildman–Crippen LogP) is 1.09. The summed E-state index contributed by atoms with van der Waals surface area (Å²) in [7, 11) is 1.72.